The lowest BCUT2D eigenvalue weighted by Crippen LogP contribution is -2.53. The lowest BCUT2D eigenvalue weighted by Gasteiger charge is -2.42. The predicted molar refractivity (Wildman–Crippen MR) is 72.5 cm³/mol. The number of carbonyl (C=O) groups excluding carboxylic acids is 1. The van der Waals surface area contributed by atoms with Crippen LogP contribution in [0.5, 0.6) is 0 Å². The fourth-order valence-corrected chi connectivity index (χ4v) is 2.99. The van der Waals surface area contributed by atoms with Crippen LogP contribution in [0, 0.1) is 5.41 Å². The second-order valence-corrected chi connectivity index (χ2v) is 5.68. The van der Waals surface area contributed by atoms with Gasteiger partial charge in [0.15, 0.2) is 0 Å². The Labute approximate surface area is 111 Å². The average Bonchev–Trinajstić information content (AvgIpc) is 2.30. The van der Waals surface area contributed by atoms with E-state index in [1.165, 1.54) is 19.3 Å². The molecule has 1 N–H and O–H groups in total. The summed E-state index contributed by atoms with van der Waals surface area (Å²) in [5, 5.41) is 3.36. The molecule has 4 heteroatoms. The van der Waals surface area contributed by atoms with Gasteiger partial charge in [-0.25, -0.2) is 0 Å². The molecule has 2 unspecified atom stereocenters. The number of hydrogen-bond donors (Lipinski definition) is 1. The molecule has 2 heterocycles. The van der Waals surface area contributed by atoms with Crippen LogP contribution in [0.25, 0.3) is 0 Å². The molecule has 0 aromatic heterocycles. The number of hydrogen-bond acceptors (Lipinski definition) is 2. The molecule has 2 rings (SSSR count). The standard InChI is InChI=1S/C13H24N2O.ClH/c1-11-6-3-4-9-15(11)12(16)13(2)7-5-8-14-10-13;/h11,14H,3-10H2,1-2H3;1H. The van der Waals surface area contributed by atoms with E-state index >= 15 is 0 Å². The summed E-state index contributed by atoms with van der Waals surface area (Å²) in [5.74, 6) is 0.381. The monoisotopic (exact) mass is 260 g/mol. The quantitative estimate of drug-likeness (QED) is 0.784. The third kappa shape index (κ3) is 3.14. The molecule has 0 aromatic carbocycles. The lowest BCUT2D eigenvalue weighted by atomic mass is 9.80. The highest BCUT2D eigenvalue weighted by Crippen LogP contribution is 2.30. The first kappa shape index (κ1) is 14.8. The molecule has 2 saturated heterocycles. The number of rotatable bonds is 1. The van der Waals surface area contributed by atoms with Gasteiger partial charge in [0.2, 0.25) is 5.91 Å². The zero-order chi connectivity index (χ0) is 11.6. The Bertz CT molecular complexity index is 264. The largest absolute Gasteiger partial charge is 0.339 e. The Hall–Kier alpha value is -0.280. The number of carbonyl (C=O) groups is 1. The van der Waals surface area contributed by atoms with Gasteiger partial charge in [-0.1, -0.05) is 0 Å². The molecule has 2 aliphatic rings. The van der Waals surface area contributed by atoms with Gasteiger partial charge in [-0.05, 0) is 52.5 Å². The highest BCUT2D eigenvalue weighted by molar-refractivity contribution is 5.85. The summed E-state index contributed by atoms with van der Waals surface area (Å²) in [6.07, 6.45) is 5.81. The smallest absolute Gasteiger partial charge is 0.230 e. The number of piperidine rings is 2. The van der Waals surface area contributed by atoms with Crippen molar-refractivity contribution in [1.82, 2.24) is 10.2 Å². The number of nitrogens with one attached hydrogen (secondary N) is 1. The molecule has 0 spiro atoms. The summed E-state index contributed by atoms with van der Waals surface area (Å²) in [6.45, 7) is 7.21. The van der Waals surface area contributed by atoms with E-state index in [0.29, 0.717) is 11.9 Å². The van der Waals surface area contributed by atoms with E-state index in [1.54, 1.807) is 0 Å². The van der Waals surface area contributed by atoms with Gasteiger partial charge < -0.3 is 10.2 Å². The van der Waals surface area contributed by atoms with E-state index < -0.39 is 0 Å². The molecule has 0 aromatic rings. The highest BCUT2D eigenvalue weighted by Gasteiger charge is 2.39. The zero-order valence-corrected chi connectivity index (χ0v) is 11.8. The molecule has 3 nitrogen and oxygen atoms in total. The lowest BCUT2D eigenvalue weighted by molar-refractivity contribution is -0.145. The van der Waals surface area contributed by atoms with Crippen molar-refractivity contribution < 1.29 is 4.79 Å². The summed E-state index contributed by atoms with van der Waals surface area (Å²) < 4.78 is 0. The molecule has 2 fully saturated rings. The second kappa shape index (κ2) is 6.05. The normalized spacial score (nSPS) is 34.0. The van der Waals surface area contributed by atoms with E-state index in [9.17, 15) is 4.79 Å². The molecule has 1 amide bonds. The van der Waals surface area contributed by atoms with Gasteiger partial charge in [0, 0.05) is 19.1 Å². The van der Waals surface area contributed by atoms with Crippen molar-refractivity contribution in [1.29, 1.82) is 0 Å². The first-order valence-corrected chi connectivity index (χ1v) is 6.65. The first-order valence-electron chi connectivity index (χ1n) is 6.65. The molecule has 2 atom stereocenters. The van der Waals surface area contributed by atoms with Crippen LogP contribution in [0.2, 0.25) is 0 Å². The minimum atomic E-state index is -0.149. The van der Waals surface area contributed by atoms with Crippen LogP contribution < -0.4 is 5.32 Å². The number of nitrogens with zero attached hydrogens (tertiary/aromatic N) is 1. The van der Waals surface area contributed by atoms with Crippen LogP contribution >= 0.6 is 12.4 Å². The van der Waals surface area contributed by atoms with Crippen LogP contribution in [-0.2, 0) is 4.79 Å². The Morgan fingerprint density at radius 2 is 2.12 bits per heavy atom. The van der Waals surface area contributed by atoms with Crippen LogP contribution in [0.3, 0.4) is 0 Å². The molecule has 0 aliphatic carbocycles. The molecular weight excluding hydrogens is 236 g/mol. The van der Waals surface area contributed by atoms with Gasteiger partial charge in [-0.15, -0.1) is 12.4 Å². The third-order valence-corrected chi connectivity index (χ3v) is 4.18. The summed E-state index contributed by atoms with van der Waals surface area (Å²) in [4.78, 5) is 14.7. The maximum Gasteiger partial charge on any atom is 0.230 e. The summed E-state index contributed by atoms with van der Waals surface area (Å²) in [5.41, 5.74) is -0.149. The number of amides is 1. The van der Waals surface area contributed by atoms with Crippen molar-refractivity contribution in [2.45, 2.75) is 52.0 Å². The Kier molecular flexibility index (Phi) is 5.26. The topological polar surface area (TPSA) is 32.3 Å². The minimum Gasteiger partial charge on any atom is -0.339 e. The molecule has 0 radical (unpaired) electrons. The van der Waals surface area contributed by atoms with Crippen molar-refractivity contribution in [3.63, 3.8) is 0 Å². The van der Waals surface area contributed by atoms with Crippen LogP contribution in [0.1, 0.15) is 46.0 Å². The van der Waals surface area contributed by atoms with Crippen molar-refractivity contribution in [3.8, 4) is 0 Å². The number of likely N-dealkylation sites (tertiary alicyclic amines) is 1. The van der Waals surface area contributed by atoms with E-state index in [1.807, 2.05) is 0 Å². The zero-order valence-electron chi connectivity index (χ0n) is 11.0. The first-order chi connectivity index (χ1) is 7.63. The Morgan fingerprint density at radius 3 is 2.71 bits per heavy atom. The van der Waals surface area contributed by atoms with E-state index in [-0.39, 0.29) is 17.8 Å². The Balaban J connectivity index is 0.00000144. The van der Waals surface area contributed by atoms with E-state index in [0.717, 1.165) is 32.5 Å². The van der Waals surface area contributed by atoms with Crippen LogP contribution in [-0.4, -0.2) is 36.5 Å². The Morgan fingerprint density at radius 1 is 1.35 bits per heavy atom. The number of halogens is 1. The van der Waals surface area contributed by atoms with Gasteiger partial charge in [0.05, 0.1) is 5.41 Å². The van der Waals surface area contributed by atoms with Crippen LogP contribution in [0.15, 0.2) is 0 Å². The second-order valence-electron chi connectivity index (χ2n) is 5.68. The van der Waals surface area contributed by atoms with Crippen molar-refractivity contribution in [2.24, 2.45) is 5.41 Å². The SMILES string of the molecule is CC1CCCCN1C(=O)C1(C)CCCNC1.Cl. The van der Waals surface area contributed by atoms with Gasteiger partial charge in [-0.2, -0.15) is 0 Å². The van der Waals surface area contributed by atoms with Crippen molar-refractivity contribution in [3.05, 3.63) is 0 Å². The third-order valence-electron chi connectivity index (χ3n) is 4.18. The minimum absolute atomic E-state index is 0. The predicted octanol–water partition coefficient (Wildman–Crippen LogP) is 2.20. The fourth-order valence-electron chi connectivity index (χ4n) is 2.99. The van der Waals surface area contributed by atoms with Gasteiger partial charge in [0.25, 0.3) is 0 Å². The average molecular weight is 261 g/mol. The molecule has 2 aliphatic heterocycles. The summed E-state index contributed by atoms with van der Waals surface area (Å²) in [7, 11) is 0. The molecule has 0 bridgehead atoms. The molecule has 17 heavy (non-hydrogen) atoms. The molecule has 100 valence electrons. The maximum atomic E-state index is 12.6. The van der Waals surface area contributed by atoms with E-state index in [4.69, 9.17) is 0 Å². The van der Waals surface area contributed by atoms with Crippen molar-refractivity contribution in [2.75, 3.05) is 19.6 Å². The molecule has 0 saturated carbocycles. The van der Waals surface area contributed by atoms with Gasteiger partial charge in [-0.3, -0.25) is 4.79 Å². The van der Waals surface area contributed by atoms with Gasteiger partial charge >= 0.3 is 0 Å². The summed E-state index contributed by atoms with van der Waals surface area (Å²) in [6, 6.07) is 0.444. The summed E-state index contributed by atoms with van der Waals surface area (Å²) >= 11 is 0. The maximum absolute atomic E-state index is 12.6. The van der Waals surface area contributed by atoms with Gasteiger partial charge in [0.1, 0.15) is 0 Å². The molecular formula is C13H25ClN2O. The fraction of sp³-hybridized carbons (Fsp3) is 0.923. The van der Waals surface area contributed by atoms with Crippen LogP contribution in [0.4, 0.5) is 0 Å². The highest BCUT2D eigenvalue weighted by atomic mass is 35.5. The van der Waals surface area contributed by atoms with E-state index in [2.05, 4.69) is 24.1 Å². The van der Waals surface area contributed by atoms with Crippen molar-refractivity contribution >= 4 is 18.3 Å².